The number of carboxylic acids is 1. The van der Waals surface area contributed by atoms with Crippen LogP contribution in [0.1, 0.15) is 69.9 Å². The van der Waals surface area contributed by atoms with Crippen LogP contribution in [0.3, 0.4) is 0 Å². The zero-order chi connectivity index (χ0) is 70.4. The molecule has 29 nitrogen and oxygen atoms in total. The molecule has 0 spiro atoms. The first-order valence-corrected chi connectivity index (χ1v) is 37.9. The number of hydrogen-bond donors (Lipinski definition) is 2. The molecule has 2 N–H and O–H groups in total. The number of carbonyl (C=O) groups is 1. The Labute approximate surface area is 560 Å². The molecule has 0 saturated heterocycles. The second kappa shape index (κ2) is 36.7. The standard InChI is InChI=1S/C62H86N2O27S5/c1-61(19-23-84-29-31-88-37-39-90-35-33-86-27-25-82-3)56(63(21-10-6-9-14-58(65)66)52-17-15-48-50(59(52)61)42-46(93(70,71)72)44-54(48)95(76,77)78)12-7-5-8-13-57-62(2,20-24-85-30-32-89-38-40-91-36-34-87-28-26-83-4)60-51-43-47(94(73,74)75)45-55(96(79,80)81)49(51)16-18-53(60)64(57)22-11-41-92(67,68)69/h5,7-8,12-13,15-18,42-45H,6,9-11,14,19-41H2,1-4H3,(H5-,65,66,67,68,69,70,71,72,73,74,75,76,77,78,79,80,81)/p-3. The number of aliphatic carboxylic acids is 1. The predicted molar refractivity (Wildman–Crippen MR) is 345 cm³/mol. The van der Waals surface area contributed by atoms with Gasteiger partial charge in [-0.05, 0) is 104 Å². The maximum Gasteiger partial charge on any atom is 0.303 e. The normalized spacial score (nSPS) is 17.6. The van der Waals surface area contributed by atoms with Gasteiger partial charge in [0.1, 0.15) is 47.0 Å². The molecule has 4 aromatic rings. The molecule has 4 aromatic carbocycles. The van der Waals surface area contributed by atoms with Crippen molar-refractivity contribution in [2.45, 2.75) is 89.2 Å². The topological polar surface area (TPSA) is 419 Å². The van der Waals surface area contributed by atoms with Gasteiger partial charge in [-0.3, -0.25) is 9.35 Å². The van der Waals surface area contributed by atoms with Gasteiger partial charge in [-0.2, -0.15) is 13.0 Å². The Morgan fingerprint density at radius 2 is 0.948 bits per heavy atom. The van der Waals surface area contributed by atoms with Gasteiger partial charge in [0.05, 0.1) is 136 Å². The van der Waals surface area contributed by atoms with Crippen LogP contribution in [0.2, 0.25) is 0 Å². The van der Waals surface area contributed by atoms with Gasteiger partial charge in [0.25, 0.3) is 10.1 Å². The summed E-state index contributed by atoms with van der Waals surface area (Å²) in [5, 5.41) is 8.92. The van der Waals surface area contributed by atoms with Gasteiger partial charge in [0.2, 0.25) is 5.69 Å². The Morgan fingerprint density at radius 3 is 1.39 bits per heavy atom. The zero-order valence-corrected chi connectivity index (χ0v) is 57.9. The molecule has 2 aliphatic heterocycles. The monoisotopic (exact) mass is 1450 g/mol. The minimum atomic E-state index is -5.45. The highest BCUT2D eigenvalue weighted by Crippen LogP contribution is 2.54. The molecule has 0 aromatic heterocycles. The van der Waals surface area contributed by atoms with Crippen LogP contribution in [0.25, 0.3) is 21.5 Å². The molecular formula is C62H83N2O27S5-3. The number of rotatable bonds is 47. The highest BCUT2D eigenvalue weighted by Gasteiger charge is 2.49. The van der Waals surface area contributed by atoms with Gasteiger partial charge in [0.15, 0.2) is 5.71 Å². The first-order chi connectivity index (χ1) is 45.4. The smallest absolute Gasteiger partial charge is 0.303 e. The summed E-state index contributed by atoms with van der Waals surface area (Å²) in [6.07, 6.45) is 9.18. The number of allylic oxidation sites excluding steroid dienone is 6. The van der Waals surface area contributed by atoms with Gasteiger partial charge >= 0.3 is 5.97 Å². The molecule has 536 valence electrons. The van der Waals surface area contributed by atoms with Crippen LogP contribution in [0.15, 0.2) is 104 Å². The molecule has 2 atom stereocenters. The lowest BCUT2D eigenvalue weighted by Gasteiger charge is -2.31. The maximum absolute atomic E-state index is 12.9. The summed E-state index contributed by atoms with van der Waals surface area (Å²) in [5.41, 5.74) is -0.424. The second-order valence-corrected chi connectivity index (χ2v) is 29.7. The first-order valence-electron chi connectivity index (χ1n) is 30.7. The van der Waals surface area contributed by atoms with Crippen LogP contribution < -0.4 is 4.90 Å². The zero-order valence-electron chi connectivity index (χ0n) is 53.8. The van der Waals surface area contributed by atoms with Crippen LogP contribution in [0, 0.1) is 0 Å². The van der Waals surface area contributed by atoms with Crippen molar-refractivity contribution in [2.24, 2.45) is 0 Å². The number of benzene rings is 4. The third-order valence-electron chi connectivity index (χ3n) is 16.0. The summed E-state index contributed by atoms with van der Waals surface area (Å²) in [6, 6.07) is 8.66. The molecule has 0 saturated carbocycles. The molecule has 0 amide bonds. The summed E-state index contributed by atoms with van der Waals surface area (Å²) in [5.74, 6) is -1.71. The van der Waals surface area contributed by atoms with Gasteiger partial charge in [0, 0.05) is 86.7 Å². The average molecular weight is 1450 g/mol. The molecule has 0 aliphatic carbocycles. The minimum Gasteiger partial charge on any atom is -0.744 e. The Hall–Kier alpha value is -5.29. The van der Waals surface area contributed by atoms with Crippen LogP contribution in [0.4, 0.5) is 11.4 Å². The van der Waals surface area contributed by atoms with Crippen molar-refractivity contribution >= 4 is 95.2 Å². The van der Waals surface area contributed by atoms with E-state index in [1.807, 2.05) is 4.90 Å². The van der Waals surface area contributed by atoms with Gasteiger partial charge in [-0.1, -0.05) is 30.7 Å². The number of anilines is 1. The van der Waals surface area contributed by atoms with Crippen molar-refractivity contribution in [1.82, 2.24) is 0 Å². The van der Waals surface area contributed by atoms with Crippen LogP contribution >= 0.6 is 0 Å². The van der Waals surface area contributed by atoms with Crippen molar-refractivity contribution in [3.63, 3.8) is 0 Å². The molecule has 2 unspecified atom stereocenters. The van der Waals surface area contributed by atoms with E-state index < -0.39 is 92.7 Å². The van der Waals surface area contributed by atoms with Crippen molar-refractivity contribution in [2.75, 3.05) is 157 Å². The molecule has 96 heavy (non-hydrogen) atoms. The number of methoxy groups -OCH3 is 2. The summed E-state index contributed by atoms with van der Waals surface area (Å²) in [4.78, 5) is 9.50. The fraction of sp³-hybridized carbons (Fsp3) is 0.548. The largest absolute Gasteiger partial charge is 0.744 e. The fourth-order valence-corrected chi connectivity index (χ4v) is 14.7. The summed E-state index contributed by atoms with van der Waals surface area (Å²) < 4.78 is 245. The van der Waals surface area contributed by atoms with Gasteiger partial charge < -0.3 is 75.6 Å². The van der Waals surface area contributed by atoms with Crippen molar-refractivity contribution < 1.29 is 127 Å². The van der Waals surface area contributed by atoms with Crippen molar-refractivity contribution in [3.8, 4) is 0 Å². The van der Waals surface area contributed by atoms with E-state index in [1.165, 1.54) is 18.2 Å². The van der Waals surface area contributed by atoms with E-state index in [-0.39, 0.29) is 138 Å². The Bertz CT molecular complexity index is 4030. The van der Waals surface area contributed by atoms with Crippen molar-refractivity contribution in [3.05, 3.63) is 95.7 Å². The maximum atomic E-state index is 12.9. The molecule has 0 fully saturated rings. The minimum absolute atomic E-state index is 0.00687. The number of fused-ring (bicyclic) bond motifs is 6. The number of carboxylic acid groups (broad SMARTS) is 1. The number of hydrogen-bond acceptors (Lipinski definition) is 26. The van der Waals surface area contributed by atoms with Crippen LogP contribution in [-0.2, 0) is 114 Å². The van der Waals surface area contributed by atoms with E-state index in [0.29, 0.717) is 107 Å². The third kappa shape index (κ3) is 22.6. The summed E-state index contributed by atoms with van der Waals surface area (Å²) in [6.45, 7) is 8.07. The molecule has 34 heteroatoms. The fourth-order valence-electron chi connectivity index (χ4n) is 11.5. The van der Waals surface area contributed by atoms with Gasteiger partial charge in [-0.25, -0.2) is 33.7 Å². The Morgan fingerprint density at radius 1 is 0.510 bits per heavy atom. The van der Waals surface area contributed by atoms with E-state index >= 15 is 0 Å². The molecule has 0 bridgehead atoms. The van der Waals surface area contributed by atoms with E-state index in [9.17, 15) is 74.8 Å². The average Bonchev–Trinajstić information content (AvgIpc) is 1.54. The van der Waals surface area contributed by atoms with E-state index in [2.05, 4.69) is 0 Å². The van der Waals surface area contributed by atoms with Crippen LogP contribution in [-0.4, -0.2) is 238 Å². The molecule has 2 heterocycles. The highest BCUT2D eigenvalue weighted by atomic mass is 32.2. The molecule has 0 radical (unpaired) electrons. The lowest BCUT2D eigenvalue weighted by molar-refractivity contribution is -0.437. The van der Waals surface area contributed by atoms with E-state index in [0.717, 1.165) is 12.1 Å². The summed E-state index contributed by atoms with van der Waals surface area (Å²) in [7, 11) is -23.1. The van der Waals surface area contributed by atoms with E-state index in [1.54, 1.807) is 69.1 Å². The molecule has 6 rings (SSSR count). The Balaban J connectivity index is 1.43. The number of ether oxygens (including phenoxy) is 10. The predicted octanol–water partition coefficient (Wildman–Crippen LogP) is 4.87. The Kier molecular flexibility index (Phi) is 30.5. The van der Waals surface area contributed by atoms with Gasteiger partial charge in [-0.15, -0.1) is 0 Å². The number of nitrogens with zero attached hydrogens (tertiary/aromatic N) is 2. The third-order valence-corrected chi connectivity index (χ3v) is 20.2. The second-order valence-electron chi connectivity index (χ2n) is 22.6. The summed E-state index contributed by atoms with van der Waals surface area (Å²) >= 11 is 0. The highest BCUT2D eigenvalue weighted by molar-refractivity contribution is 7.87. The van der Waals surface area contributed by atoms with Crippen LogP contribution in [0.5, 0.6) is 0 Å². The SMILES string of the molecule is COCCOCCOCCOCCOCCC1(C)C(/C=C/C=C/C=C2/N(CCCCCC(=O)O)c3ccc4c(S(=O)(=O)[O-])cc(S(=O)(=O)[O-])cc4c3C2(C)CCOCCOCCOCCOCCOC)=[N+](CCCS(=O)(=O)O)c2ccc3c(S(=O)(=O)[O-])cc(S(=O)(=O)[O-])cc3c21. The molecular weight excluding hydrogens is 1370 g/mol. The lowest BCUT2D eigenvalue weighted by atomic mass is 9.75. The van der Waals surface area contributed by atoms with Crippen molar-refractivity contribution in [1.29, 1.82) is 0 Å². The van der Waals surface area contributed by atoms with E-state index in [4.69, 9.17) is 47.4 Å². The first kappa shape index (κ1) is 79.7. The number of unbranched alkanes of at least 4 members (excludes halogenated alkanes) is 2. The lowest BCUT2D eigenvalue weighted by Crippen LogP contribution is -2.33. The molecule has 2 aliphatic rings. The quantitative estimate of drug-likeness (QED) is 0.0258.